The summed E-state index contributed by atoms with van der Waals surface area (Å²) in [5.41, 5.74) is 1.77. The van der Waals surface area contributed by atoms with Crippen molar-refractivity contribution in [3.63, 3.8) is 0 Å². The van der Waals surface area contributed by atoms with Crippen LogP contribution in [0.1, 0.15) is 12.0 Å². The Hall–Kier alpha value is -2.14. The molecule has 0 fully saturated rings. The fraction of sp³-hybridized carbons (Fsp3) is 0.278. The number of aryl methyl sites for hydroxylation is 1. The van der Waals surface area contributed by atoms with E-state index in [-0.39, 0.29) is 5.91 Å². The first-order valence-corrected chi connectivity index (χ1v) is 8.54. The molecular formula is C18H21NO3S. The number of hydrogen-bond donors (Lipinski definition) is 1. The van der Waals surface area contributed by atoms with Crippen molar-refractivity contribution in [3.05, 3.63) is 48.0 Å². The number of hydrogen-bond acceptors (Lipinski definition) is 4. The molecule has 2 aromatic carbocycles. The number of para-hydroxylation sites is 1. The second kappa shape index (κ2) is 8.48. The van der Waals surface area contributed by atoms with Gasteiger partial charge in [-0.3, -0.25) is 4.79 Å². The predicted molar refractivity (Wildman–Crippen MR) is 94.7 cm³/mol. The molecule has 1 N–H and O–H groups in total. The Morgan fingerprint density at radius 3 is 2.43 bits per heavy atom. The molecule has 0 saturated heterocycles. The highest BCUT2D eigenvalue weighted by Gasteiger charge is 2.11. The first-order chi connectivity index (χ1) is 11.2. The van der Waals surface area contributed by atoms with Gasteiger partial charge in [0.2, 0.25) is 5.91 Å². The fourth-order valence-electron chi connectivity index (χ4n) is 2.30. The number of anilines is 1. The van der Waals surface area contributed by atoms with Crippen molar-refractivity contribution in [2.45, 2.75) is 17.7 Å². The van der Waals surface area contributed by atoms with E-state index >= 15 is 0 Å². The highest BCUT2D eigenvalue weighted by atomic mass is 32.2. The number of amides is 1. The molecule has 0 bridgehead atoms. The summed E-state index contributed by atoms with van der Waals surface area (Å²) in [7, 11) is 3.21. The van der Waals surface area contributed by atoms with Crippen LogP contribution in [0.25, 0.3) is 0 Å². The zero-order valence-electron chi connectivity index (χ0n) is 13.6. The summed E-state index contributed by atoms with van der Waals surface area (Å²) in [6.45, 7) is 0. The SMILES string of the molecule is COc1cccc(CCC(=O)Nc2ccc(SC)cc2)c1OC. The fourth-order valence-corrected chi connectivity index (χ4v) is 2.70. The zero-order chi connectivity index (χ0) is 16.7. The van der Waals surface area contributed by atoms with Crippen LogP contribution < -0.4 is 14.8 Å². The summed E-state index contributed by atoms with van der Waals surface area (Å²) in [4.78, 5) is 13.3. The Labute approximate surface area is 141 Å². The number of methoxy groups -OCH3 is 2. The van der Waals surface area contributed by atoms with E-state index in [9.17, 15) is 4.79 Å². The van der Waals surface area contributed by atoms with Crippen LogP contribution in [0.4, 0.5) is 5.69 Å². The lowest BCUT2D eigenvalue weighted by Crippen LogP contribution is -2.12. The van der Waals surface area contributed by atoms with Crippen LogP contribution in [0.3, 0.4) is 0 Å². The van der Waals surface area contributed by atoms with E-state index in [0.717, 1.165) is 11.3 Å². The smallest absolute Gasteiger partial charge is 0.224 e. The number of benzene rings is 2. The minimum atomic E-state index is -0.0215. The third kappa shape index (κ3) is 4.66. The number of nitrogens with one attached hydrogen (secondary N) is 1. The topological polar surface area (TPSA) is 47.6 Å². The standard InChI is InChI=1S/C18H21NO3S/c1-21-16-6-4-5-13(18(16)22-2)7-12-17(20)19-14-8-10-15(23-3)11-9-14/h4-6,8-11H,7,12H2,1-3H3,(H,19,20). The Kier molecular flexibility index (Phi) is 6.35. The van der Waals surface area contributed by atoms with Crippen molar-refractivity contribution in [3.8, 4) is 11.5 Å². The summed E-state index contributed by atoms with van der Waals surface area (Å²) in [6, 6.07) is 13.5. The van der Waals surface area contributed by atoms with Gasteiger partial charge < -0.3 is 14.8 Å². The molecule has 0 heterocycles. The van der Waals surface area contributed by atoms with Crippen LogP contribution in [0, 0.1) is 0 Å². The van der Waals surface area contributed by atoms with E-state index in [4.69, 9.17) is 9.47 Å². The van der Waals surface area contributed by atoms with E-state index in [1.54, 1.807) is 26.0 Å². The van der Waals surface area contributed by atoms with E-state index in [1.807, 2.05) is 48.7 Å². The summed E-state index contributed by atoms with van der Waals surface area (Å²) < 4.78 is 10.7. The predicted octanol–water partition coefficient (Wildman–Crippen LogP) is 4.00. The third-order valence-electron chi connectivity index (χ3n) is 3.48. The van der Waals surface area contributed by atoms with E-state index in [1.165, 1.54) is 4.90 Å². The van der Waals surface area contributed by atoms with E-state index in [0.29, 0.717) is 24.3 Å². The zero-order valence-corrected chi connectivity index (χ0v) is 14.4. The van der Waals surface area contributed by atoms with Crippen LogP contribution in [0.5, 0.6) is 11.5 Å². The number of ether oxygens (including phenoxy) is 2. The van der Waals surface area contributed by atoms with Crippen molar-refractivity contribution in [2.75, 3.05) is 25.8 Å². The Morgan fingerprint density at radius 2 is 1.83 bits per heavy atom. The van der Waals surface area contributed by atoms with Gasteiger partial charge in [0.05, 0.1) is 14.2 Å². The van der Waals surface area contributed by atoms with Crippen LogP contribution in [-0.2, 0) is 11.2 Å². The highest BCUT2D eigenvalue weighted by molar-refractivity contribution is 7.98. The van der Waals surface area contributed by atoms with Crippen LogP contribution in [-0.4, -0.2) is 26.4 Å². The number of thioether (sulfide) groups is 1. The Morgan fingerprint density at radius 1 is 1.09 bits per heavy atom. The molecule has 5 heteroatoms. The van der Waals surface area contributed by atoms with Crippen LogP contribution in [0.15, 0.2) is 47.4 Å². The van der Waals surface area contributed by atoms with Gasteiger partial charge in [0.1, 0.15) is 0 Å². The first-order valence-electron chi connectivity index (χ1n) is 7.31. The van der Waals surface area contributed by atoms with Crippen molar-refractivity contribution in [1.29, 1.82) is 0 Å². The number of carbonyl (C=O) groups excluding carboxylic acids is 1. The summed E-state index contributed by atoms with van der Waals surface area (Å²) >= 11 is 1.67. The summed E-state index contributed by atoms with van der Waals surface area (Å²) in [5, 5.41) is 2.91. The molecule has 0 aliphatic carbocycles. The summed E-state index contributed by atoms with van der Waals surface area (Å²) in [6.07, 6.45) is 3.00. The van der Waals surface area contributed by atoms with E-state index < -0.39 is 0 Å². The van der Waals surface area contributed by atoms with Gasteiger partial charge in [-0.2, -0.15) is 0 Å². The Bertz CT molecular complexity index is 656. The second-order valence-electron chi connectivity index (χ2n) is 4.93. The molecule has 0 spiro atoms. The largest absolute Gasteiger partial charge is 0.493 e. The molecule has 0 aliphatic rings. The van der Waals surface area contributed by atoms with Gasteiger partial charge in [0.15, 0.2) is 11.5 Å². The molecule has 0 unspecified atom stereocenters. The van der Waals surface area contributed by atoms with Gasteiger partial charge in [-0.1, -0.05) is 12.1 Å². The molecule has 122 valence electrons. The second-order valence-corrected chi connectivity index (χ2v) is 5.81. The van der Waals surface area contributed by atoms with Crippen molar-refractivity contribution in [1.82, 2.24) is 0 Å². The summed E-state index contributed by atoms with van der Waals surface area (Å²) in [5.74, 6) is 1.34. The molecule has 2 rings (SSSR count). The monoisotopic (exact) mass is 331 g/mol. The van der Waals surface area contributed by atoms with Gasteiger partial charge in [0.25, 0.3) is 0 Å². The van der Waals surface area contributed by atoms with Gasteiger partial charge in [-0.05, 0) is 48.6 Å². The first kappa shape index (κ1) is 17.2. The minimum absolute atomic E-state index is 0.0215. The van der Waals surface area contributed by atoms with Gasteiger partial charge in [-0.25, -0.2) is 0 Å². The van der Waals surface area contributed by atoms with Crippen molar-refractivity contribution in [2.24, 2.45) is 0 Å². The van der Waals surface area contributed by atoms with Crippen molar-refractivity contribution >= 4 is 23.4 Å². The minimum Gasteiger partial charge on any atom is -0.493 e. The molecular weight excluding hydrogens is 310 g/mol. The molecule has 23 heavy (non-hydrogen) atoms. The molecule has 0 atom stereocenters. The molecule has 0 saturated carbocycles. The highest BCUT2D eigenvalue weighted by Crippen LogP contribution is 2.31. The average molecular weight is 331 g/mol. The van der Waals surface area contributed by atoms with Crippen LogP contribution in [0.2, 0.25) is 0 Å². The van der Waals surface area contributed by atoms with Crippen molar-refractivity contribution < 1.29 is 14.3 Å². The quantitative estimate of drug-likeness (QED) is 0.779. The van der Waals surface area contributed by atoms with Gasteiger partial charge in [0, 0.05) is 17.0 Å². The van der Waals surface area contributed by atoms with Gasteiger partial charge in [-0.15, -0.1) is 11.8 Å². The van der Waals surface area contributed by atoms with E-state index in [2.05, 4.69) is 5.32 Å². The molecule has 2 aromatic rings. The normalized spacial score (nSPS) is 10.2. The molecule has 4 nitrogen and oxygen atoms in total. The number of carbonyl (C=O) groups is 1. The lowest BCUT2D eigenvalue weighted by atomic mass is 10.1. The molecule has 1 amide bonds. The van der Waals surface area contributed by atoms with Crippen LogP contribution >= 0.6 is 11.8 Å². The Balaban J connectivity index is 1.96. The molecule has 0 aliphatic heterocycles. The maximum atomic E-state index is 12.1. The maximum Gasteiger partial charge on any atom is 0.224 e. The lowest BCUT2D eigenvalue weighted by Gasteiger charge is -2.12. The lowest BCUT2D eigenvalue weighted by molar-refractivity contribution is -0.116. The average Bonchev–Trinajstić information content (AvgIpc) is 2.60. The van der Waals surface area contributed by atoms with Gasteiger partial charge >= 0.3 is 0 Å². The molecule has 0 radical (unpaired) electrons. The third-order valence-corrected chi connectivity index (χ3v) is 4.22. The maximum absolute atomic E-state index is 12.1. The number of rotatable bonds is 7. The molecule has 0 aromatic heterocycles.